The van der Waals surface area contributed by atoms with Crippen LogP contribution >= 0.6 is 0 Å². The van der Waals surface area contributed by atoms with E-state index in [1.54, 1.807) is 59.5 Å². The number of H-pyrrole nitrogens is 1. The number of hydrogen-bond acceptors (Lipinski definition) is 10. The summed E-state index contributed by atoms with van der Waals surface area (Å²) in [6.07, 6.45) is 0.237. The number of nitrogens with zero attached hydrogens (tertiary/aromatic N) is 2. The first-order valence-electron chi connectivity index (χ1n) is 23.2. The van der Waals surface area contributed by atoms with E-state index in [4.69, 9.17) is 18.6 Å². The maximum absolute atomic E-state index is 14.1. The zero-order valence-electron chi connectivity index (χ0n) is 40.5. The SMILES string of the molecule is CN1CCC(OC(=O)C(O)(c2ccccc2)c2cccc(C(=O)NCCCCN(C[C@H](O[Si](C)(C)C(C)(C)C)c3ccc(OCc4ccccc4)c4[nH]c(=O)ccc34)C(=O)OC(C)(C)C)c2)C1. The smallest absolute Gasteiger partial charge is 0.410 e. The summed E-state index contributed by atoms with van der Waals surface area (Å²) in [5, 5.41) is 15.7. The number of carbonyl (C=O) groups is 3. The van der Waals surface area contributed by atoms with E-state index in [1.807, 2.05) is 70.3 Å². The largest absolute Gasteiger partial charge is 0.487 e. The lowest BCUT2D eigenvalue weighted by atomic mass is 9.85. The number of unbranched alkanes of at least 4 members (excludes halogenated alkanes) is 1. The predicted octanol–water partition coefficient (Wildman–Crippen LogP) is 9.10. The van der Waals surface area contributed by atoms with Gasteiger partial charge in [-0.3, -0.25) is 9.59 Å². The fraction of sp³-hybridized carbons (Fsp3) is 0.434. The molecule has 358 valence electrons. The number of pyridine rings is 1. The van der Waals surface area contributed by atoms with Crippen LogP contribution in [0.3, 0.4) is 0 Å². The van der Waals surface area contributed by atoms with E-state index in [2.05, 4.69) is 49.1 Å². The van der Waals surface area contributed by atoms with Gasteiger partial charge in [-0.1, -0.05) is 99.6 Å². The van der Waals surface area contributed by atoms with Crippen molar-refractivity contribution in [2.75, 3.05) is 39.8 Å². The summed E-state index contributed by atoms with van der Waals surface area (Å²) in [4.78, 5) is 61.0. The molecule has 1 aliphatic rings. The lowest BCUT2D eigenvalue weighted by Crippen LogP contribution is -2.46. The number of aromatic nitrogens is 1. The zero-order valence-corrected chi connectivity index (χ0v) is 41.5. The molecule has 13 nitrogen and oxygen atoms in total. The number of fused-ring (bicyclic) bond motifs is 1. The van der Waals surface area contributed by atoms with Crippen LogP contribution in [-0.2, 0) is 30.9 Å². The molecule has 5 aromatic rings. The second-order valence-corrected chi connectivity index (χ2v) is 24.8. The summed E-state index contributed by atoms with van der Waals surface area (Å²) in [5.41, 5.74) is -0.0362. The Balaban J connectivity index is 1.20. The molecule has 14 heteroatoms. The van der Waals surface area contributed by atoms with Crippen molar-refractivity contribution in [3.63, 3.8) is 0 Å². The summed E-state index contributed by atoms with van der Waals surface area (Å²) < 4.78 is 25.3. The van der Waals surface area contributed by atoms with Crippen LogP contribution in [-0.4, -0.2) is 97.7 Å². The summed E-state index contributed by atoms with van der Waals surface area (Å²) in [5.74, 6) is -0.655. The van der Waals surface area contributed by atoms with Gasteiger partial charge in [0.15, 0.2) is 8.32 Å². The molecule has 1 fully saturated rings. The molecule has 0 saturated carbocycles. The second kappa shape index (κ2) is 21.4. The van der Waals surface area contributed by atoms with Gasteiger partial charge in [0.25, 0.3) is 5.91 Å². The highest BCUT2D eigenvalue weighted by Crippen LogP contribution is 2.42. The molecule has 4 aromatic carbocycles. The van der Waals surface area contributed by atoms with Crippen molar-refractivity contribution in [2.24, 2.45) is 0 Å². The number of ether oxygens (including phenoxy) is 3. The van der Waals surface area contributed by atoms with Crippen LogP contribution in [0, 0.1) is 0 Å². The number of carbonyl (C=O) groups excluding carboxylic acids is 3. The van der Waals surface area contributed by atoms with Crippen LogP contribution in [0.15, 0.2) is 114 Å². The summed E-state index contributed by atoms with van der Waals surface area (Å²) in [6.45, 7) is 18.7. The average Bonchev–Trinajstić information content (AvgIpc) is 3.70. The van der Waals surface area contributed by atoms with Gasteiger partial charge in [0, 0.05) is 48.8 Å². The van der Waals surface area contributed by atoms with E-state index in [0.717, 1.165) is 23.1 Å². The van der Waals surface area contributed by atoms with Gasteiger partial charge in [-0.25, -0.2) is 9.59 Å². The van der Waals surface area contributed by atoms with Crippen molar-refractivity contribution in [1.29, 1.82) is 0 Å². The Morgan fingerprint density at radius 1 is 0.881 bits per heavy atom. The minimum absolute atomic E-state index is 0.156. The maximum atomic E-state index is 14.1. The van der Waals surface area contributed by atoms with Gasteiger partial charge in [-0.05, 0) is 106 Å². The quantitative estimate of drug-likeness (QED) is 0.0440. The Morgan fingerprint density at radius 3 is 2.22 bits per heavy atom. The van der Waals surface area contributed by atoms with Crippen molar-refractivity contribution >= 4 is 37.2 Å². The monoisotopic (exact) mass is 932 g/mol. The third kappa shape index (κ3) is 13.0. The molecule has 2 heterocycles. The van der Waals surface area contributed by atoms with Gasteiger partial charge in [-0.2, -0.15) is 0 Å². The van der Waals surface area contributed by atoms with Crippen LogP contribution in [0.25, 0.3) is 10.9 Å². The number of likely N-dealkylation sites (N-methyl/N-ethyl adjacent to an activating group) is 1. The highest BCUT2D eigenvalue weighted by atomic mass is 28.4. The molecule has 2 amide bonds. The molecule has 3 atom stereocenters. The van der Waals surface area contributed by atoms with Crippen LogP contribution in [0.4, 0.5) is 4.79 Å². The number of aromatic amines is 1. The Kier molecular flexibility index (Phi) is 16.2. The first-order valence-corrected chi connectivity index (χ1v) is 26.1. The molecule has 3 N–H and O–H groups in total. The molecule has 67 heavy (non-hydrogen) atoms. The number of likely N-dealkylation sites (tertiary alicyclic amines) is 1. The van der Waals surface area contributed by atoms with Crippen molar-refractivity contribution in [2.45, 2.75) is 109 Å². The molecular formula is C53H68N4O9Si. The van der Waals surface area contributed by atoms with Gasteiger partial charge in [0.05, 0.1) is 18.2 Å². The number of nitrogens with one attached hydrogen (secondary N) is 2. The normalized spacial score (nSPS) is 15.9. The highest BCUT2D eigenvalue weighted by molar-refractivity contribution is 6.74. The Morgan fingerprint density at radius 2 is 1.57 bits per heavy atom. The third-order valence-electron chi connectivity index (χ3n) is 12.5. The third-order valence-corrected chi connectivity index (χ3v) is 17.0. The van der Waals surface area contributed by atoms with Crippen LogP contribution in [0.1, 0.15) is 99.5 Å². The fourth-order valence-electron chi connectivity index (χ4n) is 7.83. The van der Waals surface area contributed by atoms with Crippen molar-refractivity contribution in [3.8, 4) is 5.75 Å². The molecule has 1 saturated heterocycles. The summed E-state index contributed by atoms with van der Waals surface area (Å²) >= 11 is 0. The molecule has 0 aliphatic carbocycles. The lowest BCUT2D eigenvalue weighted by molar-refractivity contribution is -0.167. The van der Waals surface area contributed by atoms with E-state index in [1.165, 1.54) is 12.1 Å². The maximum Gasteiger partial charge on any atom is 0.410 e. The minimum atomic E-state index is -2.48. The van der Waals surface area contributed by atoms with Crippen LogP contribution in [0.2, 0.25) is 18.1 Å². The van der Waals surface area contributed by atoms with Crippen LogP contribution in [0.5, 0.6) is 5.75 Å². The van der Waals surface area contributed by atoms with E-state index in [9.17, 15) is 24.3 Å². The first kappa shape index (κ1) is 50.6. The number of hydrogen-bond donors (Lipinski definition) is 3. The Hall–Kier alpha value is -5.80. The Labute approximate surface area is 395 Å². The van der Waals surface area contributed by atoms with Crippen molar-refractivity contribution in [3.05, 3.63) is 147 Å². The van der Waals surface area contributed by atoms with Gasteiger partial charge in [0.1, 0.15) is 24.1 Å². The number of aliphatic hydroxyl groups is 1. The summed E-state index contributed by atoms with van der Waals surface area (Å²) in [7, 11) is -0.530. The number of esters is 1. The second-order valence-electron chi connectivity index (χ2n) is 20.0. The molecule has 0 bridgehead atoms. The number of benzene rings is 4. The number of rotatable bonds is 18. The van der Waals surface area contributed by atoms with Gasteiger partial charge < -0.3 is 43.8 Å². The molecule has 2 unspecified atom stereocenters. The molecule has 1 aliphatic heterocycles. The highest BCUT2D eigenvalue weighted by Gasteiger charge is 2.44. The Bertz CT molecular complexity index is 2540. The molecule has 0 spiro atoms. The summed E-state index contributed by atoms with van der Waals surface area (Å²) in [6, 6.07) is 31.9. The molecule has 0 radical (unpaired) electrons. The van der Waals surface area contributed by atoms with Gasteiger partial charge in [-0.15, -0.1) is 0 Å². The van der Waals surface area contributed by atoms with Gasteiger partial charge in [0.2, 0.25) is 11.2 Å². The average molecular weight is 933 g/mol. The van der Waals surface area contributed by atoms with Crippen LogP contribution < -0.4 is 15.6 Å². The van der Waals surface area contributed by atoms with E-state index in [0.29, 0.717) is 55.8 Å². The first-order chi connectivity index (χ1) is 31.6. The zero-order chi connectivity index (χ0) is 48.6. The minimum Gasteiger partial charge on any atom is -0.487 e. The number of amides is 2. The topological polar surface area (TPSA) is 160 Å². The fourth-order valence-corrected chi connectivity index (χ4v) is 9.09. The lowest BCUT2D eigenvalue weighted by Gasteiger charge is -2.41. The van der Waals surface area contributed by atoms with E-state index < -0.39 is 37.7 Å². The standard InChI is InChI=1S/C53H68N4O9Si/c1-51(2,3)65-50(61)57(35-45(66-67(8,9)52(4,5)6)42-25-27-44(47-43(42)26-28-46(58)55-47)63-36-37-19-12-10-13-20-37)31-17-16-30-54-48(59)38-21-18-24-40(33-38)53(62,39-22-14-11-15-23-39)49(60)64-41-29-32-56(7)34-41/h10-15,18-28,33,41,45,62H,16-17,29-32,34-36H2,1-9H3,(H,54,59)(H,55,58)/t41?,45-,53?/m0/s1. The molecule has 6 rings (SSSR count). The van der Waals surface area contributed by atoms with E-state index in [-0.39, 0.29) is 46.8 Å². The predicted molar refractivity (Wildman–Crippen MR) is 264 cm³/mol. The van der Waals surface area contributed by atoms with E-state index >= 15 is 0 Å². The van der Waals surface area contributed by atoms with Gasteiger partial charge >= 0.3 is 12.1 Å². The molecule has 1 aromatic heterocycles. The molecular weight excluding hydrogens is 865 g/mol. The van der Waals surface area contributed by atoms with Crippen molar-refractivity contribution < 1.29 is 38.1 Å². The van der Waals surface area contributed by atoms with Crippen molar-refractivity contribution in [1.82, 2.24) is 20.1 Å².